The number of carbonyl (C=O) groups excluding carboxylic acids is 2. The molecule has 0 bridgehead atoms. The van der Waals surface area contributed by atoms with Gasteiger partial charge in [0.25, 0.3) is 11.8 Å². The van der Waals surface area contributed by atoms with Gasteiger partial charge in [-0.3, -0.25) is 9.59 Å². The van der Waals surface area contributed by atoms with Crippen LogP contribution in [0.5, 0.6) is 5.75 Å². The van der Waals surface area contributed by atoms with Gasteiger partial charge in [-0.1, -0.05) is 19.1 Å². The van der Waals surface area contributed by atoms with Gasteiger partial charge in [-0.05, 0) is 58.2 Å². The van der Waals surface area contributed by atoms with E-state index in [1.165, 1.54) is 5.56 Å². The molecule has 0 aliphatic rings. The molecule has 0 spiro atoms. The van der Waals surface area contributed by atoms with E-state index in [1.807, 2.05) is 18.2 Å². The Bertz CT molecular complexity index is 747. The van der Waals surface area contributed by atoms with Crippen molar-refractivity contribution in [3.05, 3.63) is 58.1 Å². The minimum Gasteiger partial charge on any atom is -0.483 e. The molecule has 2 rings (SSSR count). The first-order chi connectivity index (χ1) is 11.5. The number of carbonyl (C=O) groups is 2. The van der Waals surface area contributed by atoms with Crippen LogP contribution < -0.4 is 15.4 Å². The fourth-order valence-electron chi connectivity index (χ4n) is 2.10. The summed E-state index contributed by atoms with van der Waals surface area (Å²) in [5.74, 6) is 0.110. The Morgan fingerprint density at radius 2 is 1.96 bits per heavy atom. The van der Waals surface area contributed by atoms with Crippen LogP contribution >= 0.6 is 15.9 Å². The molecular weight excluding hydrogens is 372 g/mol. The van der Waals surface area contributed by atoms with Crippen molar-refractivity contribution >= 4 is 33.4 Å². The largest absolute Gasteiger partial charge is 0.483 e. The van der Waals surface area contributed by atoms with E-state index in [9.17, 15) is 9.59 Å². The highest BCUT2D eigenvalue weighted by Gasteiger charge is 2.09. The number of anilines is 1. The minimum atomic E-state index is -0.296. The quantitative estimate of drug-likeness (QED) is 0.794. The summed E-state index contributed by atoms with van der Waals surface area (Å²) >= 11 is 3.44. The summed E-state index contributed by atoms with van der Waals surface area (Å²) in [7, 11) is 1.56. The Hall–Kier alpha value is -2.34. The second-order valence-corrected chi connectivity index (χ2v) is 5.97. The predicted molar refractivity (Wildman–Crippen MR) is 97.5 cm³/mol. The van der Waals surface area contributed by atoms with E-state index in [1.54, 1.807) is 31.3 Å². The summed E-state index contributed by atoms with van der Waals surface area (Å²) < 4.78 is 6.35. The van der Waals surface area contributed by atoms with Crippen molar-refractivity contribution in [1.82, 2.24) is 5.32 Å². The molecule has 126 valence electrons. The molecule has 0 radical (unpaired) electrons. The monoisotopic (exact) mass is 390 g/mol. The molecule has 24 heavy (non-hydrogen) atoms. The van der Waals surface area contributed by atoms with Gasteiger partial charge in [-0.25, -0.2) is 0 Å². The Morgan fingerprint density at radius 3 is 2.62 bits per heavy atom. The molecule has 2 aromatic rings. The Balaban J connectivity index is 1.95. The van der Waals surface area contributed by atoms with Crippen LogP contribution in [0.4, 0.5) is 5.69 Å². The third-order valence-electron chi connectivity index (χ3n) is 3.40. The Kier molecular flexibility index (Phi) is 6.37. The number of aryl methyl sites for hydroxylation is 1. The molecule has 0 fully saturated rings. The van der Waals surface area contributed by atoms with Gasteiger partial charge in [0, 0.05) is 18.3 Å². The van der Waals surface area contributed by atoms with Crippen molar-refractivity contribution < 1.29 is 14.3 Å². The molecule has 2 amide bonds. The molecule has 0 saturated heterocycles. The van der Waals surface area contributed by atoms with E-state index < -0.39 is 0 Å². The van der Waals surface area contributed by atoms with Gasteiger partial charge >= 0.3 is 0 Å². The number of halogens is 1. The Morgan fingerprint density at radius 1 is 1.17 bits per heavy atom. The molecule has 2 N–H and O–H groups in total. The second kappa shape index (κ2) is 8.49. The lowest BCUT2D eigenvalue weighted by Crippen LogP contribution is -2.21. The minimum absolute atomic E-state index is 0.117. The van der Waals surface area contributed by atoms with Crippen LogP contribution in [0, 0.1) is 0 Å². The first-order valence-corrected chi connectivity index (χ1v) is 8.36. The number of hydrogen-bond donors (Lipinski definition) is 2. The number of hydrogen-bond acceptors (Lipinski definition) is 3. The van der Waals surface area contributed by atoms with Crippen molar-refractivity contribution in [2.45, 2.75) is 13.3 Å². The fourth-order valence-corrected chi connectivity index (χ4v) is 2.64. The molecule has 5 nitrogen and oxygen atoms in total. The SMILES string of the molecule is CCc1ccc(OCC(=O)Nc2cccc(C(=O)NC)c2)c(Br)c1. The number of benzene rings is 2. The lowest BCUT2D eigenvalue weighted by Gasteiger charge is -2.10. The molecular formula is C18H19BrN2O3. The molecule has 0 aliphatic heterocycles. The van der Waals surface area contributed by atoms with Crippen LogP contribution in [0.25, 0.3) is 0 Å². The summed E-state index contributed by atoms with van der Waals surface area (Å²) in [4.78, 5) is 23.6. The van der Waals surface area contributed by atoms with E-state index in [2.05, 4.69) is 33.5 Å². The van der Waals surface area contributed by atoms with Crippen molar-refractivity contribution in [2.75, 3.05) is 19.0 Å². The number of nitrogens with one attached hydrogen (secondary N) is 2. The van der Waals surface area contributed by atoms with Crippen molar-refractivity contribution in [2.24, 2.45) is 0 Å². The van der Waals surface area contributed by atoms with Gasteiger partial charge in [-0.15, -0.1) is 0 Å². The van der Waals surface area contributed by atoms with Crippen LogP contribution in [0.3, 0.4) is 0 Å². The first kappa shape index (κ1) is 18.0. The maximum Gasteiger partial charge on any atom is 0.262 e. The zero-order valence-corrected chi connectivity index (χ0v) is 15.1. The normalized spacial score (nSPS) is 10.1. The number of rotatable bonds is 6. The summed E-state index contributed by atoms with van der Waals surface area (Å²) in [6.45, 7) is 1.96. The average Bonchev–Trinajstić information content (AvgIpc) is 2.60. The highest BCUT2D eigenvalue weighted by molar-refractivity contribution is 9.10. The smallest absolute Gasteiger partial charge is 0.262 e. The third kappa shape index (κ3) is 4.83. The zero-order chi connectivity index (χ0) is 17.5. The third-order valence-corrected chi connectivity index (χ3v) is 4.02. The Labute approximate surface area is 149 Å². The number of ether oxygens (including phenoxy) is 1. The topological polar surface area (TPSA) is 67.4 Å². The molecule has 0 atom stereocenters. The lowest BCUT2D eigenvalue weighted by atomic mass is 10.2. The van der Waals surface area contributed by atoms with Crippen LogP contribution in [-0.4, -0.2) is 25.5 Å². The zero-order valence-electron chi connectivity index (χ0n) is 13.6. The van der Waals surface area contributed by atoms with E-state index >= 15 is 0 Å². The van der Waals surface area contributed by atoms with E-state index in [0.29, 0.717) is 17.0 Å². The highest BCUT2D eigenvalue weighted by atomic mass is 79.9. The maximum atomic E-state index is 12.0. The average molecular weight is 391 g/mol. The molecule has 0 aromatic heterocycles. The van der Waals surface area contributed by atoms with Gasteiger partial charge in [0.05, 0.1) is 4.47 Å². The van der Waals surface area contributed by atoms with Crippen LogP contribution in [0.15, 0.2) is 46.9 Å². The van der Waals surface area contributed by atoms with Crippen molar-refractivity contribution in [3.8, 4) is 5.75 Å². The predicted octanol–water partition coefficient (Wildman–Crippen LogP) is 3.39. The van der Waals surface area contributed by atoms with Crippen LogP contribution in [-0.2, 0) is 11.2 Å². The summed E-state index contributed by atoms with van der Waals surface area (Å²) in [6, 6.07) is 12.5. The highest BCUT2D eigenvalue weighted by Crippen LogP contribution is 2.26. The van der Waals surface area contributed by atoms with E-state index in [-0.39, 0.29) is 18.4 Å². The summed E-state index contributed by atoms with van der Waals surface area (Å²) in [5, 5.41) is 5.26. The summed E-state index contributed by atoms with van der Waals surface area (Å²) in [5.41, 5.74) is 2.21. The molecule has 0 aliphatic carbocycles. The molecule has 0 heterocycles. The number of amides is 2. The van der Waals surface area contributed by atoms with E-state index in [0.717, 1.165) is 10.9 Å². The van der Waals surface area contributed by atoms with Crippen LogP contribution in [0.1, 0.15) is 22.8 Å². The molecule has 6 heteroatoms. The van der Waals surface area contributed by atoms with Gasteiger partial charge in [0.15, 0.2) is 6.61 Å². The van der Waals surface area contributed by atoms with Crippen molar-refractivity contribution in [3.63, 3.8) is 0 Å². The fraction of sp³-hybridized carbons (Fsp3) is 0.222. The molecule has 2 aromatic carbocycles. The van der Waals surface area contributed by atoms with Gasteiger partial charge < -0.3 is 15.4 Å². The van der Waals surface area contributed by atoms with E-state index in [4.69, 9.17) is 4.74 Å². The molecule has 0 unspecified atom stereocenters. The lowest BCUT2D eigenvalue weighted by molar-refractivity contribution is -0.118. The second-order valence-electron chi connectivity index (χ2n) is 5.12. The van der Waals surface area contributed by atoms with Gasteiger partial charge in [0.2, 0.25) is 0 Å². The van der Waals surface area contributed by atoms with Crippen LogP contribution in [0.2, 0.25) is 0 Å². The van der Waals surface area contributed by atoms with Crippen molar-refractivity contribution in [1.29, 1.82) is 0 Å². The van der Waals surface area contributed by atoms with Gasteiger partial charge in [0.1, 0.15) is 5.75 Å². The standard InChI is InChI=1S/C18H19BrN2O3/c1-3-12-7-8-16(15(19)9-12)24-11-17(22)21-14-6-4-5-13(10-14)18(23)20-2/h4-10H,3,11H2,1-2H3,(H,20,23)(H,21,22). The van der Waals surface area contributed by atoms with Gasteiger partial charge in [-0.2, -0.15) is 0 Å². The maximum absolute atomic E-state index is 12.0. The first-order valence-electron chi connectivity index (χ1n) is 7.56. The molecule has 0 saturated carbocycles. The summed E-state index contributed by atoms with van der Waals surface area (Å²) in [6.07, 6.45) is 0.932.